The lowest BCUT2D eigenvalue weighted by Crippen LogP contribution is -2.41. The van der Waals surface area contributed by atoms with Gasteiger partial charge in [-0.25, -0.2) is 4.79 Å². The van der Waals surface area contributed by atoms with Gasteiger partial charge in [0.15, 0.2) is 18.1 Å². The molecule has 1 heterocycles. The summed E-state index contributed by atoms with van der Waals surface area (Å²) in [6.07, 6.45) is 4.95. The van der Waals surface area contributed by atoms with Gasteiger partial charge in [0.05, 0.1) is 21.3 Å². The standard InChI is InChI=1S/C20H27NO6/c1-14-6-5-9-21(12-14)18(22)13-27-19(23)8-7-15-10-16(24-2)20(26-4)17(11-15)25-3/h7-8,10-11,14H,5-6,9,12-13H2,1-4H3/b8-7+/t14-/m1/s1. The number of hydrogen-bond donors (Lipinski definition) is 0. The third-order valence-electron chi connectivity index (χ3n) is 4.45. The SMILES string of the molecule is COc1cc(/C=C/C(=O)OCC(=O)N2CCC[C@@H](C)C2)cc(OC)c1OC. The van der Waals surface area contributed by atoms with E-state index in [1.807, 2.05) is 0 Å². The molecule has 0 saturated carbocycles. The number of carbonyl (C=O) groups excluding carboxylic acids is 2. The number of piperidine rings is 1. The first-order chi connectivity index (χ1) is 13.0. The minimum atomic E-state index is -0.581. The molecule has 0 spiro atoms. The molecule has 1 atom stereocenters. The van der Waals surface area contributed by atoms with Crippen LogP contribution < -0.4 is 14.2 Å². The minimum absolute atomic E-state index is 0.156. The zero-order valence-corrected chi connectivity index (χ0v) is 16.3. The second kappa shape index (κ2) is 9.85. The molecule has 1 amide bonds. The zero-order valence-electron chi connectivity index (χ0n) is 16.3. The average Bonchev–Trinajstić information content (AvgIpc) is 2.69. The molecule has 0 aromatic heterocycles. The molecule has 0 N–H and O–H groups in total. The van der Waals surface area contributed by atoms with Crippen molar-refractivity contribution in [2.45, 2.75) is 19.8 Å². The number of rotatable bonds is 7. The molecule has 7 nitrogen and oxygen atoms in total. The predicted octanol–water partition coefficient (Wildman–Crippen LogP) is 2.53. The average molecular weight is 377 g/mol. The number of benzene rings is 1. The van der Waals surface area contributed by atoms with E-state index in [2.05, 4.69) is 6.92 Å². The lowest BCUT2D eigenvalue weighted by Gasteiger charge is -2.30. The fourth-order valence-electron chi connectivity index (χ4n) is 3.05. The summed E-state index contributed by atoms with van der Waals surface area (Å²) in [5, 5.41) is 0. The number of hydrogen-bond acceptors (Lipinski definition) is 6. The Balaban J connectivity index is 1.95. The normalized spacial score (nSPS) is 16.9. The van der Waals surface area contributed by atoms with Crippen LogP contribution in [-0.2, 0) is 14.3 Å². The second-order valence-electron chi connectivity index (χ2n) is 6.49. The highest BCUT2D eigenvalue weighted by Gasteiger charge is 2.21. The Morgan fingerprint density at radius 1 is 1.15 bits per heavy atom. The molecule has 148 valence electrons. The third kappa shape index (κ3) is 5.64. The number of ether oxygens (including phenoxy) is 4. The minimum Gasteiger partial charge on any atom is -0.493 e. The molecule has 1 aliphatic heterocycles. The van der Waals surface area contributed by atoms with Gasteiger partial charge in [-0.2, -0.15) is 0 Å². The van der Waals surface area contributed by atoms with Gasteiger partial charge in [-0.1, -0.05) is 6.92 Å². The largest absolute Gasteiger partial charge is 0.493 e. The van der Waals surface area contributed by atoms with E-state index in [1.165, 1.54) is 27.4 Å². The number of likely N-dealkylation sites (tertiary alicyclic amines) is 1. The maximum absolute atomic E-state index is 12.1. The number of nitrogens with zero attached hydrogens (tertiary/aromatic N) is 1. The van der Waals surface area contributed by atoms with Gasteiger partial charge in [0.2, 0.25) is 5.75 Å². The third-order valence-corrected chi connectivity index (χ3v) is 4.45. The molecule has 0 radical (unpaired) electrons. The second-order valence-corrected chi connectivity index (χ2v) is 6.49. The summed E-state index contributed by atoms with van der Waals surface area (Å²) in [7, 11) is 4.56. The fraction of sp³-hybridized carbons (Fsp3) is 0.500. The topological polar surface area (TPSA) is 74.3 Å². The van der Waals surface area contributed by atoms with Crippen LogP contribution in [0, 0.1) is 5.92 Å². The first kappa shape index (κ1) is 20.6. The van der Waals surface area contributed by atoms with Crippen LogP contribution in [0.3, 0.4) is 0 Å². The Morgan fingerprint density at radius 2 is 1.81 bits per heavy atom. The molecular weight excluding hydrogens is 350 g/mol. The molecule has 27 heavy (non-hydrogen) atoms. The number of carbonyl (C=O) groups is 2. The van der Waals surface area contributed by atoms with E-state index < -0.39 is 5.97 Å². The summed E-state index contributed by atoms with van der Waals surface area (Å²) >= 11 is 0. The van der Waals surface area contributed by atoms with Crippen molar-refractivity contribution in [1.82, 2.24) is 4.90 Å². The van der Waals surface area contributed by atoms with Gasteiger partial charge in [0, 0.05) is 19.2 Å². The fourth-order valence-corrected chi connectivity index (χ4v) is 3.05. The summed E-state index contributed by atoms with van der Waals surface area (Å²) < 4.78 is 20.9. The Morgan fingerprint density at radius 3 is 2.37 bits per heavy atom. The lowest BCUT2D eigenvalue weighted by molar-refractivity contribution is -0.149. The summed E-state index contributed by atoms with van der Waals surface area (Å²) in [4.78, 5) is 25.8. The molecule has 1 aliphatic rings. The van der Waals surface area contributed by atoms with E-state index in [0.717, 1.165) is 25.9 Å². The van der Waals surface area contributed by atoms with Gasteiger partial charge in [-0.3, -0.25) is 4.79 Å². The molecule has 1 aromatic rings. The van der Waals surface area contributed by atoms with Crippen LogP contribution in [-0.4, -0.2) is 57.8 Å². The van der Waals surface area contributed by atoms with Gasteiger partial charge in [-0.05, 0) is 42.5 Å². The highest BCUT2D eigenvalue weighted by molar-refractivity contribution is 5.89. The van der Waals surface area contributed by atoms with Gasteiger partial charge < -0.3 is 23.8 Å². The van der Waals surface area contributed by atoms with Crippen LogP contribution in [0.5, 0.6) is 17.2 Å². The van der Waals surface area contributed by atoms with E-state index in [4.69, 9.17) is 18.9 Å². The van der Waals surface area contributed by atoms with Gasteiger partial charge in [-0.15, -0.1) is 0 Å². The summed E-state index contributed by atoms with van der Waals surface area (Å²) in [5.41, 5.74) is 0.678. The zero-order chi connectivity index (χ0) is 19.8. The van der Waals surface area contributed by atoms with Crippen molar-refractivity contribution in [3.8, 4) is 17.2 Å². The molecule has 1 fully saturated rings. The van der Waals surface area contributed by atoms with E-state index >= 15 is 0 Å². The molecule has 0 unspecified atom stereocenters. The van der Waals surface area contributed by atoms with Gasteiger partial charge >= 0.3 is 5.97 Å². The van der Waals surface area contributed by atoms with Crippen molar-refractivity contribution < 1.29 is 28.5 Å². The molecule has 0 aliphatic carbocycles. The summed E-state index contributed by atoms with van der Waals surface area (Å²) in [6, 6.07) is 3.43. The highest BCUT2D eigenvalue weighted by Crippen LogP contribution is 2.38. The first-order valence-corrected chi connectivity index (χ1v) is 8.91. The van der Waals surface area contributed by atoms with Gasteiger partial charge in [0.1, 0.15) is 0 Å². The first-order valence-electron chi connectivity index (χ1n) is 8.91. The summed E-state index contributed by atoms with van der Waals surface area (Å²) in [5.74, 6) is 1.19. The van der Waals surface area contributed by atoms with Crippen molar-refractivity contribution >= 4 is 18.0 Å². The maximum Gasteiger partial charge on any atom is 0.331 e. The van der Waals surface area contributed by atoms with Crippen LogP contribution in [0.1, 0.15) is 25.3 Å². The Kier molecular flexibility index (Phi) is 7.52. The smallest absolute Gasteiger partial charge is 0.331 e. The van der Waals surface area contributed by atoms with Crippen LogP contribution in [0.2, 0.25) is 0 Å². The Hall–Kier alpha value is -2.70. The molecular formula is C20H27NO6. The van der Waals surface area contributed by atoms with E-state index in [9.17, 15) is 9.59 Å². The van der Waals surface area contributed by atoms with Gasteiger partial charge in [0.25, 0.3) is 5.91 Å². The van der Waals surface area contributed by atoms with E-state index in [0.29, 0.717) is 28.7 Å². The van der Waals surface area contributed by atoms with Crippen molar-refractivity contribution in [2.24, 2.45) is 5.92 Å². The highest BCUT2D eigenvalue weighted by atomic mass is 16.5. The Labute approximate surface area is 159 Å². The van der Waals surface area contributed by atoms with Crippen LogP contribution in [0.4, 0.5) is 0 Å². The molecule has 1 aromatic carbocycles. The van der Waals surface area contributed by atoms with Crippen LogP contribution in [0.25, 0.3) is 6.08 Å². The molecule has 2 rings (SSSR count). The molecule has 1 saturated heterocycles. The van der Waals surface area contributed by atoms with E-state index in [1.54, 1.807) is 23.1 Å². The van der Waals surface area contributed by atoms with Crippen molar-refractivity contribution in [3.63, 3.8) is 0 Å². The quantitative estimate of drug-likeness (QED) is 0.537. The van der Waals surface area contributed by atoms with Crippen molar-refractivity contribution in [3.05, 3.63) is 23.8 Å². The van der Waals surface area contributed by atoms with Crippen LogP contribution >= 0.6 is 0 Å². The number of methoxy groups -OCH3 is 3. The number of esters is 1. The Bertz CT molecular complexity index is 675. The lowest BCUT2D eigenvalue weighted by atomic mass is 10.0. The van der Waals surface area contributed by atoms with Crippen molar-refractivity contribution in [1.29, 1.82) is 0 Å². The maximum atomic E-state index is 12.1. The predicted molar refractivity (Wildman–Crippen MR) is 101 cm³/mol. The van der Waals surface area contributed by atoms with Crippen molar-refractivity contribution in [2.75, 3.05) is 41.0 Å². The van der Waals surface area contributed by atoms with Crippen LogP contribution in [0.15, 0.2) is 18.2 Å². The number of amides is 1. The molecule has 0 bridgehead atoms. The monoisotopic (exact) mass is 377 g/mol. The van der Waals surface area contributed by atoms with E-state index in [-0.39, 0.29) is 12.5 Å². The molecule has 7 heteroatoms. The summed E-state index contributed by atoms with van der Waals surface area (Å²) in [6.45, 7) is 3.32.